The molecule has 2 aromatic heterocycles. The summed E-state index contributed by atoms with van der Waals surface area (Å²) in [6, 6.07) is 10.5. The highest BCUT2D eigenvalue weighted by atomic mass is 16.5. The fourth-order valence-corrected chi connectivity index (χ4v) is 3.67. The van der Waals surface area contributed by atoms with Crippen LogP contribution in [0.4, 0.5) is 5.82 Å². The number of aryl methyl sites for hydroxylation is 1. The maximum atomic E-state index is 12.4. The van der Waals surface area contributed by atoms with Crippen LogP contribution in [0.1, 0.15) is 40.9 Å². The third-order valence-corrected chi connectivity index (χ3v) is 4.88. The first-order valence-corrected chi connectivity index (χ1v) is 8.90. The highest BCUT2D eigenvalue weighted by Crippen LogP contribution is 2.36. The molecular weight excluding hydrogens is 330 g/mol. The molecule has 0 amide bonds. The van der Waals surface area contributed by atoms with Crippen LogP contribution in [-0.4, -0.2) is 35.6 Å². The molecule has 1 saturated heterocycles. The summed E-state index contributed by atoms with van der Waals surface area (Å²) in [4.78, 5) is 23.3. The highest BCUT2D eigenvalue weighted by molar-refractivity contribution is 6.07. The van der Waals surface area contributed by atoms with Crippen LogP contribution >= 0.6 is 0 Å². The summed E-state index contributed by atoms with van der Waals surface area (Å²) in [6.07, 6.45) is 2.53. The second-order valence-corrected chi connectivity index (χ2v) is 6.47. The normalized spacial score (nSPS) is 17.0. The van der Waals surface area contributed by atoms with E-state index in [9.17, 15) is 4.79 Å². The van der Waals surface area contributed by atoms with Gasteiger partial charge in [-0.25, -0.2) is 14.8 Å². The van der Waals surface area contributed by atoms with Crippen molar-refractivity contribution in [2.45, 2.75) is 26.2 Å². The van der Waals surface area contributed by atoms with Crippen molar-refractivity contribution in [3.63, 3.8) is 0 Å². The van der Waals surface area contributed by atoms with Crippen LogP contribution in [-0.2, 0) is 4.74 Å². The van der Waals surface area contributed by atoms with Crippen LogP contribution in [0.15, 0.2) is 41.1 Å². The standard InChI is InChI=1S/C20H21N3O3/c1-3-25-20(24)16-13(2)26-19-17(16)18(21-12-22-19)23-10-9-15(11-23)14-7-5-4-6-8-14/h4-8,12,15H,3,9-11H2,1-2H3/t15-/m1/s1. The van der Waals surface area contributed by atoms with Crippen LogP contribution in [0.5, 0.6) is 0 Å². The van der Waals surface area contributed by atoms with Gasteiger partial charge in [-0.05, 0) is 25.8 Å². The van der Waals surface area contributed by atoms with Crippen molar-refractivity contribution in [1.82, 2.24) is 9.97 Å². The van der Waals surface area contributed by atoms with Gasteiger partial charge in [-0.15, -0.1) is 0 Å². The van der Waals surface area contributed by atoms with E-state index in [1.54, 1.807) is 13.8 Å². The molecule has 1 aliphatic rings. The molecule has 1 fully saturated rings. The van der Waals surface area contributed by atoms with Gasteiger partial charge in [-0.2, -0.15) is 0 Å². The number of fused-ring (bicyclic) bond motifs is 1. The number of carbonyl (C=O) groups is 1. The molecule has 0 N–H and O–H groups in total. The first kappa shape index (κ1) is 16.6. The Morgan fingerprint density at radius 1 is 1.31 bits per heavy atom. The van der Waals surface area contributed by atoms with Crippen LogP contribution in [0.2, 0.25) is 0 Å². The number of ether oxygens (including phenoxy) is 1. The Kier molecular flexibility index (Phi) is 4.32. The van der Waals surface area contributed by atoms with Gasteiger partial charge in [0.15, 0.2) is 0 Å². The van der Waals surface area contributed by atoms with E-state index in [0.29, 0.717) is 34.9 Å². The molecule has 1 atom stereocenters. The van der Waals surface area contributed by atoms with E-state index >= 15 is 0 Å². The van der Waals surface area contributed by atoms with E-state index in [1.807, 2.05) is 6.07 Å². The number of rotatable bonds is 4. The summed E-state index contributed by atoms with van der Waals surface area (Å²) in [5.74, 6) is 1.31. The highest BCUT2D eigenvalue weighted by Gasteiger charge is 2.30. The van der Waals surface area contributed by atoms with Crippen molar-refractivity contribution < 1.29 is 13.9 Å². The van der Waals surface area contributed by atoms with Crippen molar-refractivity contribution in [2.75, 3.05) is 24.6 Å². The molecule has 1 aliphatic heterocycles. The Balaban J connectivity index is 1.72. The molecule has 6 heteroatoms. The number of furan rings is 1. The van der Waals surface area contributed by atoms with Gasteiger partial charge in [0, 0.05) is 19.0 Å². The van der Waals surface area contributed by atoms with Crippen molar-refractivity contribution in [3.05, 3.63) is 53.5 Å². The minimum absolute atomic E-state index is 0.313. The van der Waals surface area contributed by atoms with E-state index in [4.69, 9.17) is 9.15 Å². The monoisotopic (exact) mass is 351 g/mol. The molecule has 0 unspecified atom stereocenters. The molecule has 4 rings (SSSR count). The molecule has 3 aromatic rings. The molecule has 0 radical (unpaired) electrons. The van der Waals surface area contributed by atoms with Gasteiger partial charge in [0.2, 0.25) is 5.71 Å². The molecular formula is C20H21N3O3. The molecule has 0 saturated carbocycles. The molecule has 26 heavy (non-hydrogen) atoms. The Bertz CT molecular complexity index is 936. The lowest BCUT2D eigenvalue weighted by atomic mass is 9.99. The van der Waals surface area contributed by atoms with Gasteiger partial charge < -0.3 is 14.1 Å². The molecule has 0 spiro atoms. The Labute approximate surface area is 151 Å². The average Bonchev–Trinajstić information content (AvgIpc) is 3.26. The van der Waals surface area contributed by atoms with Gasteiger partial charge in [0.05, 0.1) is 12.0 Å². The van der Waals surface area contributed by atoms with Crippen LogP contribution in [0, 0.1) is 6.92 Å². The van der Waals surface area contributed by atoms with Gasteiger partial charge in [-0.1, -0.05) is 30.3 Å². The molecule has 134 valence electrons. The molecule has 3 heterocycles. The van der Waals surface area contributed by atoms with E-state index in [-0.39, 0.29) is 0 Å². The number of anilines is 1. The molecule has 6 nitrogen and oxygen atoms in total. The van der Waals surface area contributed by atoms with Gasteiger partial charge >= 0.3 is 5.97 Å². The summed E-state index contributed by atoms with van der Waals surface area (Å²) in [7, 11) is 0. The SMILES string of the molecule is CCOC(=O)c1c(C)oc2ncnc(N3CC[C@@H](c4ccccc4)C3)c12. The lowest BCUT2D eigenvalue weighted by molar-refractivity contribution is 0.0526. The summed E-state index contributed by atoms with van der Waals surface area (Å²) in [6.45, 7) is 5.58. The molecule has 0 aliphatic carbocycles. The number of aromatic nitrogens is 2. The number of benzene rings is 1. The van der Waals surface area contributed by atoms with E-state index < -0.39 is 5.97 Å². The zero-order valence-electron chi connectivity index (χ0n) is 14.9. The van der Waals surface area contributed by atoms with Crippen LogP contribution in [0.3, 0.4) is 0 Å². The summed E-state index contributed by atoms with van der Waals surface area (Å²) in [5.41, 5.74) is 2.19. The predicted molar refractivity (Wildman–Crippen MR) is 98.5 cm³/mol. The van der Waals surface area contributed by atoms with E-state index in [0.717, 1.165) is 25.3 Å². The number of carbonyl (C=O) groups excluding carboxylic acids is 1. The lowest BCUT2D eigenvalue weighted by Gasteiger charge is -2.18. The van der Waals surface area contributed by atoms with Crippen molar-refractivity contribution in [3.8, 4) is 0 Å². The second kappa shape index (κ2) is 6.78. The topological polar surface area (TPSA) is 68.5 Å². The molecule has 0 bridgehead atoms. The summed E-state index contributed by atoms with van der Waals surface area (Å²) >= 11 is 0. The second-order valence-electron chi connectivity index (χ2n) is 6.47. The van der Waals surface area contributed by atoms with Crippen molar-refractivity contribution in [1.29, 1.82) is 0 Å². The summed E-state index contributed by atoms with van der Waals surface area (Å²) in [5, 5.41) is 0.650. The van der Waals surface area contributed by atoms with Gasteiger partial charge in [0.25, 0.3) is 0 Å². The largest absolute Gasteiger partial charge is 0.462 e. The maximum Gasteiger partial charge on any atom is 0.342 e. The smallest absolute Gasteiger partial charge is 0.342 e. The maximum absolute atomic E-state index is 12.4. The zero-order chi connectivity index (χ0) is 18.1. The summed E-state index contributed by atoms with van der Waals surface area (Å²) < 4.78 is 10.9. The van der Waals surface area contributed by atoms with E-state index in [2.05, 4.69) is 39.1 Å². The fourth-order valence-electron chi connectivity index (χ4n) is 3.67. The van der Waals surface area contributed by atoms with Crippen LogP contribution < -0.4 is 4.90 Å². The number of hydrogen-bond donors (Lipinski definition) is 0. The minimum atomic E-state index is -0.390. The minimum Gasteiger partial charge on any atom is -0.462 e. The number of hydrogen-bond acceptors (Lipinski definition) is 6. The fraction of sp³-hybridized carbons (Fsp3) is 0.350. The number of nitrogens with zero attached hydrogens (tertiary/aromatic N) is 3. The van der Waals surface area contributed by atoms with Crippen molar-refractivity contribution in [2.24, 2.45) is 0 Å². The lowest BCUT2D eigenvalue weighted by Crippen LogP contribution is -2.21. The third kappa shape index (κ3) is 2.81. The first-order valence-electron chi connectivity index (χ1n) is 8.90. The zero-order valence-corrected chi connectivity index (χ0v) is 14.9. The first-order chi connectivity index (χ1) is 12.7. The Hall–Kier alpha value is -2.89. The van der Waals surface area contributed by atoms with Crippen LogP contribution in [0.25, 0.3) is 11.1 Å². The quantitative estimate of drug-likeness (QED) is 0.668. The Morgan fingerprint density at radius 2 is 2.12 bits per heavy atom. The van der Waals surface area contributed by atoms with E-state index in [1.165, 1.54) is 11.9 Å². The van der Waals surface area contributed by atoms with Crippen molar-refractivity contribution >= 4 is 22.9 Å². The van der Waals surface area contributed by atoms with Gasteiger partial charge in [0.1, 0.15) is 23.5 Å². The van der Waals surface area contributed by atoms with Gasteiger partial charge in [-0.3, -0.25) is 0 Å². The predicted octanol–water partition coefficient (Wildman–Crippen LogP) is 3.70. The average molecular weight is 351 g/mol. The Morgan fingerprint density at radius 3 is 2.88 bits per heavy atom. The number of esters is 1. The third-order valence-electron chi connectivity index (χ3n) is 4.88. The molecule has 1 aromatic carbocycles.